The van der Waals surface area contributed by atoms with Crippen LogP contribution >= 0.6 is 15.9 Å². The van der Waals surface area contributed by atoms with Gasteiger partial charge >= 0.3 is 0 Å². The van der Waals surface area contributed by atoms with Gasteiger partial charge in [0.15, 0.2) is 0 Å². The first-order valence-electron chi connectivity index (χ1n) is 3.32. The predicted octanol–water partition coefficient (Wildman–Crippen LogP) is 2.35. The summed E-state index contributed by atoms with van der Waals surface area (Å²) in [6.07, 6.45) is 1.93. The zero-order chi connectivity index (χ0) is 8.27. The van der Waals surface area contributed by atoms with Crippen LogP contribution in [0.1, 0.15) is 16.7 Å². The molecule has 0 aliphatic carbocycles. The summed E-state index contributed by atoms with van der Waals surface area (Å²) >= 11 is 3.30. The summed E-state index contributed by atoms with van der Waals surface area (Å²) in [5, 5.41) is 0.708. The highest BCUT2D eigenvalue weighted by Crippen LogP contribution is 2.14. The molecule has 1 aromatic carbocycles. The van der Waals surface area contributed by atoms with Crippen LogP contribution in [0.4, 0.5) is 0 Å². The normalized spacial score (nSPS) is 9.64. The molecular weight excluding hydrogens is 204 g/mol. The van der Waals surface area contributed by atoms with Crippen molar-refractivity contribution in [2.75, 3.05) is 0 Å². The van der Waals surface area contributed by atoms with Gasteiger partial charge in [-0.25, -0.2) is 0 Å². The van der Waals surface area contributed by atoms with E-state index in [1.165, 1.54) is 0 Å². The lowest BCUT2D eigenvalue weighted by Gasteiger charge is -2.01. The lowest BCUT2D eigenvalue weighted by atomic mass is 10.0. The van der Waals surface area contributed by atoms with E-state index in [0.717, 1.165) is 11.1 Å². The van der Waals surface area contributed by atoms with E-state index >= 15 is 0 Å². The van der Waals surface area contributed by atoms with E-state index in [2.05, 4.69) is 15.9 Å². The first-order valence-corrected chi connectivity index (χ1v) is 4.44. The molecule has 11 heavy (non-hydrogen) atoms. The largest absolute Gasteiger partial charge is 0.285 e. The zero-order valence-electron chi connectivity index (χ0n) is 6.23. The number of benzene rings is 1. The highest BCUT2D eigenvalue weighted by atomic mass is 79.9. The summed E-state index contributed by atoms with van der Waals surface area (Å²) in [7, 11) is 0. The number of carbonyl (C=O) groups excluding carboxylic acids is 1. The molecule has 1 rings (SSSR count). The van der Waals surface area contributed by atoms with Gasteiger partial charge < -0.3 is 0 Å². The van der Waals surface area contributed by atoms with Crippen LogP contribution in [0.25, 0.3) is 0 Å². The molecule has 0 bridgehead atoms. The Bertz CT molecular complexity index is 268. The second-order valence-electron chi connectivity index (χ2n) is 2.34. The van der Waals surface area contributed by atoms with Crippen molar-refractivity contribution in [2.24, 2.45) is 0 Å². The van der Waals surface area contributed by atoms with Crippen LogP contribution < -0.4 is 0 Å². The van der Waals surface area contributed by atoms with Gasteiger partial charge in [0.05, 0.1) is 0 Å². The smallest absolute Gasteiger partial charge is 0.234 e. The van der Waals surface area contributed by atoms with Crippen LogP contribution in [0.3, 0.4) is 0 Å². The monoisotopic (exact) mass is 211 g/mol. The third-order valence-corrected chi connectivity index (χ3v) is 2.21. The number of alkyl halides is 1. The van der Waals surface area contributed by atoms with Gasteiger partial charge in [0, 0.05) is 10.9 Å². The second kappa shape index (κ2) is 3.67. The van der Waals surface area contributed by atoms with Crippen LogP contribution in [0, 0.1) is 6.92 Å². The van der Waals surface area contributed by atoms with Crippen molar-refractivity contribution in [3.8, 4) is 0 Å². The van der Waals surface area contributed by atoms with E-state index in [1.807, 2.05) is 31.4 Å². The number of rotatable bonds is 2. The summed E-state index contributed by atoms with van der Waals surface area (Å²) in [6.45, 7) is 1.91. The molecular formula is C9H8BrO. The standard InChI is InChI=1S/C9H8BrO/c1-7-3-2-4-8(5-10)9(7)6-11/h2-4H,5H2,1H3. The molecule has 0 N–H and O–H groups in total. The van der Waals surface area contributed by atoms with Gasteiger partial charge in [0.25, 0.3) is 0 Å². The fourth-order valence-electron chi connectivity index (χ4n) is 0.986. The number of hydrogen-bond acceptors (Lipinski definition) is 1. The Hall–Kier alpha value is -0.630. The maximum atomic E-state index is 10.5. The SMILES string of the molecule is Cc1cccc(CBr)c1[C]=O. The number of halogens is 1. The van der Waals surface area contributed by atoms with Gasteiger partial charge in [0.2, 0.25) is 6.29 Å². The fraction of sp³-hybridized carbons (Fsp3) is 0.222. The van der Waals surface area contributed by atoms with Gasteiger partial charge in [-0.15, -0.1) is 0 Å². The minimum atomic E-state index is 0.685. The molecule has 0 saturated heterocycles. The molecule has 1 radical (unpaired) electrons. The molecule has 0 unspecified atom stereocenters. The Kier molecular flexibility index (Phi) is 2.83. The lowest BCUT2D eigenvalue weighted by molar-refractivity contribution is 0.562. The fourth-order valence-corrected chi connectivity index (χ4v) is 1.45. The van der Waals surface area contributed by atoms with Gasteiger partial charge in [-0.05, 0) is 18.1 Å². The summed E-state index contributed by atoms with van der Waals surface area (Å²) < 4.78 is 0. The minimum absolute atomic E-state index is 0.685. The van der Waals surface area contributed by atoms with Crippen molar-refractivity contribution < 1.29 is 4.79 Å². The summed E-state index contributed by atoms with van der Waals surface area (Å²) in [6, 6.07) is 5.77. The third kappa shape index (κ3) is 1.69. The van der Waals surface area contributed by atoms with Crippen molar-refractivity contribution in [2.45, 2.75) is 12.3 Å². The average Bonchev–Trinajstić information content (AvgIpc) is 2.04. The van der Waals surface area contributed by atoms with Gasteiger partial charge in [-0.3, -0.25) is 4.79 Å². The molecule has 1 aromatic rings. The van der Waals surface area contributed by atoms with Crippen molar-refractivity contribution in [1.82, 2.24) is 0 Å². The molecule has 0 saturated carbocycles. The second-order valence-corrected chi connectivity index (χ2v) is 2.91. The summed E-state index contributed by atoms with van der Waals surface area (Å²) in [5.74, 6) is 0. The Labute approximate surface area is 74.6 Å². The van der Waals surface area contributed by atoms with Crippen molar-refractivity contribution in [1.29, 1.82) is 0 Å². The molecule has 0 aromatic heterocycles. The molecule has 0 heterocycles. The first kappa shape index (κ1) is 8.47. The molecule has 1 nitrogen and oxygen atoms in total. The van der Waals surface area contributed by atoms with E-state index in [-0.39, 0.29) is 0 Å². The average molecular weight is 212 g/mol. The summed E-state index contributed by atoms with van der Waals surface area (Å²) in [4.78, 5) is 10.5. The van der Waals surface area contributed by atoms with Crippen LogP contribution in [0.2, 0.25) is 0 Å². The molecule has 0 amide bonds. The lowest BCUT2D eigenvalue weighted by Crippen LogP contribution is -1.92. The van der Waals surface area contributed by atoms with E-state index in [0.29, 0.717) is 10.9 Å². The highest BCUT2D eigenvalue weighted by molar-refractivity contribution is 9.08. The minimum Gasteiger partial charge on any atom is -0.285 e. The van der Waals surface area contributed by atoms with Gasteiger partial charge in [-0.2, -0.15) is 0 Å². The maximum absolute atomic E-state index is 10.5. The topological polar surface area (TPSA) is 17.1 Å². The summed E-state index contributed by atoms with van der Waals surface area (Å²) in [5.41, 5.74) is 2.67. The van der Waals surface area contributed by atoms with Gasteiger partial charge in [0.1, 0.15) is 0 Å². The van der Waals surface area contributed by atoms with Crippen LogP contribution in [-0.2, 0) is 10.1 Å². The van der Waals surface area contributed by atoms with Gasteiger partial charge in [-0.1, -0.05) is 34.1 Å². The molecule has 0 spiro atoms. The Morgan fingerprint density at radius 1 is 1.55 bits per heavy atom. The molecule has 0 aliphatic rings. The molecule has 0 aliphatic heterocycles. The van der Waals surface area contributed by atoms with E-state index in [9.17, 15) is 4.79 Å². The Morgan fingerprint density at radius 2 is 2.27 bits per heavy atom. The van der Waals surface area contributed by atoms with Crippen LogP contribution in [0.5, 0.6) is 0 Å². The maximum Gasteiger partial charge on any atom is 0.234 e. The molecule has 0 fully saturated rings. The highest BCUT2D eigenvalue weighted by Gasteiger charge is 2.02. The Balaban J connectivity index is 3.24. The van der Waals surface area contributed by atoms with Crippen LogP contribution in [-0.4, -0.2) is 6.29 Å². The van der Waals surface area contributed by atoms with E-state index in [1.54, 1.807) is 0 Å². The predicted molar refractivity (Wildman–Crippen MR) is 48.6 cm³/mol. The van der Waals surface area contributed by atoms with Crippen molar-refractivity contribution >= 4 is 22.2 Å². The number of hydrogen-bond donors (Lipinski definition) is 0. The molecule has 57 valence electrons. The number of aryl methyl sites for hydroxylation is 1. The van der Waals surface area contributed by atoms with Crippen molar-refractivity contribution in [3.63, 3.8) is 0 Å². The molecule has 2 heteroatoms. The van der Waals surface area contributed by atoms with E-state index in [4.69, 9.17) is 0 Å². The Morgan fingerprint density at radius 3 is 2.73 bits per heavy atom. The van der Waals surface area contributed by atoms with Crippen molar-refractivity contribution in [3.05, 3.63) is 34.9 Å². The first-order chi connectivity index (χ1) is 5.29. The molecule has 0 atom stereocenters. The zero-order valence-corrected chi connectivity index (χ0v) is 7.81. The quantitative estimate of drug-likeness (QED) is 0.687. The third-order valence-electron chi connectivity index (χ3n) is 1.61. The van der Waals surface area contributed by atoms with E-state index < -0.39 is 0 Å². The van der Waals surface area contributed by atoms with Crippen LogP contribution in [0.15, 0.2) is 18.2 Å².